The van der Waals surface area contributed by atoms with Crippen LogP contribution in [-0.2, 0) is 9.59 Å². The second-order valence-electron chi connectivity index (χ2n) is 4.53. The molecular weight excluding hydrogens is 250 g/mol. The number of hydrogen-bond donors (Lipinski definition) is 4. The highest BCUT2D eigenvalue weighted by Gasteiger charge is 2.24. The van der Waals surface area contributed by atoms with Crippen molar-refractivity contribution in [2.24, 2.45) is 11.7 Å². The van der Waals surface area contributed by atoms with E-state index < -0.39 is 18.0 Å². The Hall–Kier alpha value is -1.79. The number of amides is 3. The highest BCUT2D eigenvalue weighted by Crippen LogP contribution is 2.07. The van der Waals surface area contributed by atoms with Gasteiger partial charge >= 0.3 is 12.0 Å². The molecule has 0 heterocycles. The minimum absolute atomic E-state index is 0.141. The number of nitrogens with one attached hydrogen (secondary N) is 2. The van der Waals surface area contributed by atoms with Gasteiger partial charge in [-0.2, -0.15) is 0 Å². The molecule has 0 spiro atoms. The Bertz CT molecular complexity index is 320. The number of rotatable bonds is 9. The summed E-state index contributed by atoms with van der Waals surface area (Å²) in [4.78, 5) is 33.0. The van der Waals surface area contributed by atoms with Crippen molar-refractivity contribution in [2.75, 3.05) is 6.54 Å². The molecule has 5 N–H and O–H groups in total. The van der Waals surface area contributed by atoms with Crippen LogP contribution in [0.5, 0.6) is 0 Å². The van der Waals surface area contributed by atoms with Crippen molar-refractivity contribution >= 4 is 17.9 Å². The van der Waals surface area contributed by atoms with Crippen LogP contribution in [0.25, 0.3) is 0 Å². The number of urea groups is 1. The standard InChI is InChI=1S/C12H23N3O4/c1-3-8(2)10(11(17)18)15-12(19)14-7-5-4-6-9(13)16/h8,10H,3-7H2,1-2H3,(H2,13,16)(H,17,18)(H2,14,15,19)/t8?,10-/m0/s1. The molecule has 0 aliphatic carbocycles. The van der Waals surface area contributed by atoms with Crippen molar-refractivity contribution in [3.05, 3.63) is 0 Å². The van der Waals surface area contributed by atoms with E-state index in [0.29, 0.717) is 25.8 Å². The largest absolute Gasteiger partial charge is 0.480 e. The Balaban J connectivity index is 3.94. The van der Waals surface area contributed by atoms with Crippen LogP contribution in [0.3, 0.4) is 0 Å². The summed E-state index contributed by atoms with van der Waals surface area (Å²) in [6.45, 7) is 4.02. The molecular formula is C12H23N3O4. The number of carbonyl (C=O) groups excluding carboxylic acids is 2. The maximum Gasteiger partial charge on any atom is 0.326 e. The lowest BCUT2D eigenvalue weighted by atomic mass is 9.99. The Morgan fingerprint density at radius 2 is 1.89 bits per heavy atom. The number of carbonyl (C=O) groups is 3. The van der Waals surface area contributed by atoms with Gasteiger partial charge in [-0.25, -0.2) is 9.59 Å². The fourth-order valence-electron chi connectivity index (χ4n) is 1.50. The molecule has 0 aromatic rings. The van der Waals surface area contributed by atoms with E-state index in [1.807, 2.05) is 6.92 Å². The van der Waals surface area contributed by atoms with Crippen LogP contribution in [0.4, 0.5) is 4.79 Å². The number of carboxylic acid groups (broad SMARTS) is 1. The number of aliphatic carboxylic acids is 1. The third-order valence-corrected chi connectivity index (χ3v) is 2.90. The second-order valence-corrected chi connectivity index (χ2v) is 4.53. The number of nitrogens with two attached hydrogens (primary N) is 1. The highest BCUT2D eigenvalue weighted by molar-refractivity contribution is 5.82. The van der Waals surface area contributed by atoms with E-state index in [1.54, 1.807) is 6.92 Å². The van der Waals surface area contributed by atoms with E-state index in [1.165, 1.54) is 0 Å². The molecule has 0 aromatic heterocycles. The molecule has 19 heavy (non-hydrogen) atoms. The normalized spacial score (nSPS) is 13.4. The van der Waals surface area contributed by atoms with Crippen molar-refractivity contribution in [1.82, 2.24) is 10.6 Å². The van der Waals surface area contributed by atoms with E-state index in [-0.39, 0.29) is 18.2 Å². The van der Waals surface area contributed by atoms with Gasteiger partial charge in [0.05, 0.1) is 0 Å². The summed E-state index contributed by atoms with van der Waals surface area (Å²) in [5, 5.41) is 14.0. The summed E-state index contributed by atoms with van der Waals surface area (Å²) >= 11 is 0. The molecule has 0 rings (SSSR count). The summed E-state index contributed by atoms with van der Waals surface area (Å²) in [7, 11) is 0. The highest BCUT2D eigenvalue weighted by atomic mass is 16.4. The molecule has 1 unspecified atom stereocenters. The molecule has 2 atom stereocenters. The minimum Gasteiger partial charge on any atom is -0.480 e. The molecule has 0 aliphatic rings. The number of hydrogen-bond acceptors (Lipinski definition) is 3. The number of unbranched alkanes of at least 4 members (excludes halogenated alkanes) is 1. The summed E-state index contributed by atoms with van der Waals surface area (Å²) in [5.41, 5.74) is 4.98. The van der Waals surface area contributed by atoms with Gasteiger partial charge in [-0.15, -0.1) is 0 Å². The Morgan fingerprint density at radius 3 is 2.37 bits per heavy atom. The van der Waals surface area contributed by atoms with Crippen LogP contribution in [0.15, 0.2) is 0 Å². The van der Waals surface area contributed by atoms with Crippen LogP contribution in [0.1, 0.15) is 39.5 Å². The van der Waals surface area contributed by atoms with Crippen molar-refractivity contribution in [1.29, 1.82) is 0 Å². The lowest BCUT2D eigenvalue weighted by Crippen LogP contribution is -2.49. The first-order valence-electron chi connectivity index (χ1n) is 6.44. The monoisotopic (exact) mass is 273 g/mol. The zero-order valence-electron chi connectivity index (χ0n) is 11.4. The van der Waals surface area contributed by atoms with Gasteiger partial charge in [-0.3, -0.25) is 4.79 Å². The average molecular weight is 273 g/mol. The SMILES string of the molecule is CCC(C)[C@H](NC(=O)NCCCCC(N)=O)C(=O)O. The number of primary amides is 1. The summed E-state index contributed by atoms with van der Waals surface area (Å²) < 4.78 is 0. The zero-order chi connectivity index (χ0) is 14.8. The van der Waals surface area contributed by atoms with Crippen LogP contribution in [0, 0.1) is 5.92 Å². The Morgan fingerprint density at radius 1 is 1.26 bits per heavy atom. The minimum atomic E-state index is -1.04. The lowest BCUT2D eigenvalue weighted by molar-refractivity contribution is -0.140. The van der Waals surface area contributed by atoms with Gasteiger partial charge in [0, 0.05) is 13.0 Å². The molecule has 7 nitrogen and oxygen atoms in total. The molecule has 0 bridgehead atoms. The van der Waals surface area contributed by atoms with Gasteiger partial charge in [0.15, 0.2) is 0 Å². The molecule has 0 aromatic carbocycles. The van der Waals surface area contributed by atoms with E-state index in [4.69, 9.17) is 10.8 Å². The first-order chi connectivity index (χ1) is 8.88. The van der Waals surface area contributed by atoms with E-state index in [0.717, 1.165) is 0 Å². The molecule has 110 valence electrons. The summed E-state index contributed by atoms with van der Waals surface area (Å²) in [5.74, 6) is -1.55. The topological polar surface area (TPSA) is 122 Å². The average Bonchev–Trinajstić information content (AvgIpc) is 2.33. The van der Waals surface area contributed by atoms with Crippen molar-refractivity contribution in [3.63, 3.8) is 0 Å². The number of carboxylic acids is 1. The zero-order valence-corrected chi connectivity index (χ0v) is 11.4. The smallest absolute Gasteiger partial charge is 0.326 e. The quantitative estimate of drug-likeness (QED) is 0.455. The Kier molecular flexibility index (Phi) is 8.32. The predicted molar refractivity (Wildman–Crippen MR) is 70.5 cm³/mol. The molecule has 0 saturated carbocycles. The van der Waals surface area contributed by atoms with Crippen LogP contribution >= 0.6 is 0 Å². The molecule has 7 heteroatoms. The van der Waals surface area contributed by atoms with Crippen molar-refractivity contribution < 1.29 is 19.5 Å². The maximum atomic E-state index is 11.5. The van der Waals surface area contributed by atoms with Crippen molar-refractivity contribution in [3.8, 4) is 0 Å². The Labute approximate surface area is 112 Å². The van der Waals surface area contributed by atoms with Gasteiger partial charge < -0.3 is 21.5 Å². The third kappa shape index (κ3) is 8.01. The van der Waals surface area contributed by atoms with Gasteiger partial charge in [-0.1, -0.05) is 20.3 Å². The second kappa shape index (κ2) is 9.18. The first-order valence-corrected chi connectivity index (χ1v) is 6.44. The van der Waals surface area contributed by atoms with Crippen LogP contribution in [0.2, 0.25) is 0 Å². The van der Waals surface area contributed by atoms with Gasteiger partial charge in [-0.05, 0) is 18.8 Å². The first kappa shape index (κ1) is 17.2. The maximum absolute atomic E-state index is 11.5. The molecule has 0 fully saturated rings. The summed E-state index contributed by atoms with van der Waals surface area (Å²) in [6.07, 6.45) is 2.17. The fourth-order valence-corrected chi connectivity index (χ4v) is 1.50. The molecule has 0 radical (unpaired) electrons. The fraction of sp³-hybridized carbons (Fsp3) is 0.750. The van der Waals surface area contributed by atoms with Gasteiger partial charge in [0.2, 0.25) is 5.91 Å². The van der Waals surface area contributed by atoms with Crippen LogP contribution in [-0.4, -0.2) is 35.6 Å². The predicted octanol–water partition coefficient (Wildman–Crippen LogP) is 0.441. The molecule has 0 saturated heterocycles. The molecule has 0 aliphatic heterocycles. The van der Waals surface area contributed by atoms with E-state index in [9.17, 15) is 14.4 Å². The summed E-state index contributed by atoms with van der Waals surface area (Å²) in [6, 6.07) is -1.40. The van der Waals surface area contributed by atoms with Crippen LogP contribution < -0.4 is 16.4 Å². The van der Waals surface area contributed by atoms with E-state index >= 15 is 0 Å². The third-order valence-electron chi connectivity index (χ3n) is 2.90. The van der Waals surface area contributed by atoms with Crippen molar-refractivity contribution in [2.45, 2.75) is 45.6 Å². The van der Waals surface area contributed by atoms with Gasteiger partial charge in [0.25, 0.3) is 0 Å². The van der Waals surface area contributed by atoms with Gasteiger partial charge in [0.1, 0.15) is 6.04 Å². The molecule has 3 amide bonds. The van der Waals surface area contributed by atoms with E-state index in [2.05, 4.69) is 10.6 Å². The lowest BCUT2D eigenvalue weighted by Gasteiger charge is -2.20.